The second-order valence-electron chi connectivity index (χ2n) is 7.51. The molecule has 0 unspecified atom stereocenters. The molecule has 3 heterocycles. The highest BCUT2D eigenvalue weighted by atomic mass is 16.4. The van der Waals surface area contributed by atoms with E-state index in [1.165, 1.54) is 9.25 Å². The van der Waals surface area contributed by atoms with Crippen LogP contribution >= 0.6 is 0 Å². The number of para-hydroxylation sites is 2. The lowest BCUT2D eigenvalue weighted by atomic mass is 10.1. The predicted molar refractivity (Wildman–Crippen MR) is 122 cm³/mol. The maximum atomic E-state index is 12.9. The van der Waals surface area contributed by atoms with Crippen molar-refractivity contribution in [1.29, 1.82) is 0 Å². The maximum absolute atomic E-state index is 12.9. The first-order valence-corrected chi connectivity index (χ1v) is 10.3. The molecular formula is C24H19N5O4. The fourth-order valence-corrected chi connectivity index (χ4v) is 3.75. The van der Waals surface area contributed by atoms with Crippen molar-refractivity contribution in [2.24, 2.45) is 0 Å². The first kappa shape index (κ1) is 20.4. The predicted octanol–water partition coefficient (Wildman–Crippen LogP) is 2.06. The Hall–Kier alpha value is -4.53. The van der Waals surface area contributed by atoms with E-state index in [1.54, 1.807) is 60.9 Å². The average molecular weight is 441 g/mol. The van der Waals surface area contributed by atoms with E-state index in [0.717, 1.165) is 5.56 Å². The van der Waals surface area contributed by atoms with Gasteiger partial charge in [-0.25, -0.2) is 9.48 Å². The summed E-state index contributed by atoms with van der Waals surface area (Å²) in [6.45, 7) is 0.162. The lowest BCUT2D eigenvalue weighted by molar-refractivity contribution is -0.121. The molecule has 2 aromatic carbocycles. The Kier molecular flexibility index (Phi) is 5.27. The van der Waals surface area contributed by atoms with Crippen LogP contribution in [0.15, 0.2) is 87.1 Å². The molecule has 0 saturated heterocycles. The zero-order chi connectivity index (χ0) is 22.8. The zero-order valence-electron chi connectivity index (χ0n) is 17.5. The highest BCUT2D eigenvalue weighted by Crippen LogP contribution is 2.14. The van der Waals surface area contributed by atoms with Crippen LogP contribution in [0.25, 0.3) is 21.9 Å². The van der Waals surface area contributed by atoms with E-state index in [1.807, 2.05) is 12.1 Å². The van der Waals surface area contributed by atoms with Gasteiger partial charge in [0.1, 0.15) is 6.54 Å². The van der Waals surface area contributed by atoms with E-state index < -0.39 is 5.76 Å². The van der Waals surface area contributed by atoms with Crippen LogP contribution in [-0.4, -0.2) is 25.2 Å². The third-order valence-electron chi connectivity index (χ3n) is 5.33. The highest BCUT2D eigenvalue weighted by molar-refractivity contribution is 5.84. The molecule has 5 aromatic rings. The number of rotatable bonds is 6. The molecule has 0 fully saturated rings. The lowest BCUT2D eigenvalue weighted by Crippen LogP contribution is -2.32. The zero-order valence-corrected chi connectivity index (χ0v) is 17.5. The van der Waals surface area contributed by atoms with Gasteiger partial charge in [-0.3, -0.25) is 19.1 Å². The molecule has 33 heavy (non-hydrogen) atoms. The van der Waals surface area contributed by atoms with Gasteiger partial charge in [0, 0.05) is 17.8 Å². The van der Waals surface area contributed by atoms with Gasteiger partial charge in [-0.05, 0) is 29.8 Å². The number of pyridine rings is 1. The van der Waals surface area contributed by atoms with Gasteiger partial charge in [0.25, 0.3) is 5.56 Å². The van der Waals surface area contributed by atoms with Crippen molar-refractivity contribution in [1.82, 2.24) is 24.6 Å². The van der Waals surface area contributed by atoms with Crippen LogP contribution in [0.5, 0.6) is 0 Å². The number of hydrogen-bond donors (Lipinski definition) is 1. The molecular weight excluding hydrogens is 422 g/mol. The first-order valence-electron chi connectivity index (χ1n) is 10.3. The molecule has 0 bridgehead atoms. The Morgan fingerprint density at radius 3 is 2.58 bits per heavy atom. The van der Waals surface area contributed by atoms with E-state index >= 15 is 0 Å². The Morgan fingerprint density at radius 1 is 0.970 bits per heavy atom. The molecule has 3 aromatic heterocycles. The smallest absolute Gasteiger partial charge is 0.408 e. The molecule has 5 rings (SSSR count). The Morgan fingerprint density at radius 2 is 1.76 bits per heavy atom. The summed E-state index contributed by atoms with van der Waals surface area (Å²) in [5.74, 6) is -0.973. The van der Waals surface area contributed by atoms with Gasteiger partial charge in [0.2, 0.25) is 5.91 Å². The summed E-state index contributed by atoms with van der Waals surface area (Å²) < 4.78 is 7.83. The fraction of sp³-hybridized carbons (Fsp3) is 0.125. The number of carbonyl (C=O) groups is 1. The van der Waals surface area contributed by atoms with Crippen LogP contribution in [0, 0.1) is 0 Å². The maximum Gasteiger partial charge on any atom is 0.420 e. The molecule has 0 saturated carbocycles. The van der Waals surface area contributed by atoms with Crippen LogP contribution in [0.1, 0.15) is 11.3 Å². The Balaban J connectivity index is 1.41. The average Bonchev–Trinajstić information content (AvgIpc) is 3.15. The molecule has 164 valence electrons. The molecule has 0 aliphatic heterocycles. The monoisotopic (exact) mass is 441 g/mol. The normalized spacial score (nSPS) is 11.2. The summed E-state index contributed by atoms with van der Waals surface area (Å²) >= 11 is 0. The van der Waals surface area contributed by atoms with Crippen molar-refractivity contribution in [3.05, 3.63) is 105 Å². The number of fused-ring (bicyclic) bond motifs is 2. The molecule has 1 amide bonds. The van der Waals surface area contributed by atoms with Crippen molar-refractivity contribution in [3.8, 4) is 0 Å². The largest absolute Gasteiger partial charge is 0.420 e. The van der Waals surface area contributed by atoms with Crippen LogP contribution < -0.4 is 16.6 Å². The molecule has 0 aliphatic carbocycles. The van der Waals surface area contributed by atoms with Crippen LogP contribution in [0.4, 0.5) is 0 Å². The third kappa shape index (κ3) is 4.03. The SMILES string of the molecule is O=C(Cn1c(=O)oc2ccccc21)NCc1nn(Cc2cccnc2)c(=O)c2ccccc12. The van der Waals surface area contributed by atoms with Crippen molar-refractivity contribution in [2.75, 3.05) is 0 Å². The van der Waals surface area contributed by atoms with Gasteiger partial charge in [-0.1, -0.05) is 36.4 Å². The Bertz CT molecular complexity index is 1580. The number of amides is 1. The number of aromatic nitrogens is 4. The quantitative estimate of drug-likeness (QED) is 0.432. The molecule has 1 N–H and O–H groups in total. The van der Waals surface area contributed by atoms with Gasteiger partial charge in [-0.15, -0.1) is 0 Å². The van der Waals surface area contributed by atoms with E-state index in [9.17, 15) is 14.4 Å². The van der Waals surface area contributed by atoms with Crippen LogP contribution in [0.3, 0.4) is 0 Å². The van der Waals surface area contributed by atoms with E-state index in [0.29, 0.717) is 27.6 Å². The molecule has 0 atom stereocenters. The van der Waals surface area contributed by atoms with Crippen molar-refractivity contribution in [2.45, 2.75) is 19.6 Å². The fourth-order valence-electron chi connectivity index (χ4n) is 3.75. The highest BCUT2D eigenvalue weighted by Gasteiger charge is 2.15. The number of nitrogens with zero attached hydrogens (tertiary/aromatic N) is 4. The molecule has 0 aliphatic rings. The van der Waals surface area contributed by atoms with Crippen molar-refractivity contribution in [3.63, 3.8) is 0 Å². The minimum absolute atomic E-state index is 0.0944. The molecule has 9 nitrogen and oxygen atoms in total. The van der Waals surface area contributed by atoms with E-state index in [4.69, 9.17) is 4.42 Å². The Labute approximate surface area is 186 Å². The van der Waals surface area contributed by atoms with Crippen molar-refractivity contribution >= 4 is 27.8 Å². The van der Waals surface area contributed by atoms with Crippen LogP contribution in [-0.2, 0) is 24.4 Å². The number of benzene rings is 2. The number of nitrogens with one attached hydrogen (secondary N) is 1. The van der Waals surface area contributed by atoms with E-state index in [2.05, 4.69) is 15.4 Å². The molecule has 0 spiro atoms. The summed E-state index contributed by atoms with van der Waals surface area (Å²) in [7, 11) is 0. The van der Waals surface area contributed by atoms with Crippen LogP contribution in [0.2, 0.25) is 0 Å². The second kappa shape index (κ2) is 8.54. The van der Waals surface area contributed by atoms with Crippen molar-refractivity contribution < 1.29 is 9.21 Å². The van der Waals surface area contributed by atoms with Gasteiger partial charge in [0.15, 0.2) is 5.58 Å². The minimum Gasteiger partial charge on any atom is -0.408 e. The summed E-state index contributed by atoms with van der Waals surface area (Å²) in [5.41, 5.74) is 2.13. The topological polar surface area (TPSA) is 112 Å². The molecule has 9 heteroatoms. The number of oxazole rings is 1. The standard InChI is InChI=1S/C24H19N5O4/c30-22(15-28-20-9-3-4-10-21(20)33-24(28)32)26-13-19-17-7-1-2-8-18(17)23(31)29(27-19)14-16-6-5-11-25-12-16/h1-12H,13-15H2,(H,26,30). The number of carbonyl (C=O) groups excluding carboxylic acids is 1. The summed E-state index contributed by atoms with van der Waals surface area (Å²) in [6, 6.07) is 17.7. The van der Waals surface area contributed by atoms with Gasteiger partial charge in [-0.2, -0.15) is 5.10 Å². The van der Waals surface area contributed by atoms with Gasteiger partial charge in [0.05, 0.1) is 29.7 Å². The summed E-state index contributed by atoms with van der Waals surface area (Å²) in [6.07, 6.45) is 3.34. The third-order valence-corrected chi connectivity index (χ3v) is 5.33. The number of hydrogen-bond acceptors (Lipinski definition) is 6. The van der Waals surface area contributed by atoms with Gasteiger partial charge < -0.3 is 9.73 Å². The van der Waals surface area contributed by atoms with Gasteiger partial charge >= 0.3 is 5.76 Å². The lowest BCUT2D eigenvalue weighted by Gasteiger charge is -2.12. The minimum atomic E-state index is -0.597. The van der Waals surface area contributed by atoms with E-state index in [-0.39, 0.29) is 31.1 Å². The summed E-state index contributed by atoms with van der Waals surface area (Å²) in [4.78, 5) is 41.8. The second-order valence-corrected chi connectivity index (χ2v) is 7.51. The summed E-state index contributed by atoms with van der Waals surface area (Å²) in [5, 5.41) is 8.48. The first-order chi connectivity index (χ1) is 16.1. The molecule has 0 radical (unpaired) electrons.